The standard InChI is InChI=1S/C11H19N3O2/c1-3-4-9(2)8-16-11(15)7-14-6-10(12)5-13-14/h5-6,9H,3-4,7-8,12H2,1-2H3. The molecule has 1 heterocycles. The molecule has 5 nitrogen and oxygen atoms in total. The Morgan fingerprint density at radius 2 is 2.44 bits per heavy atom. The van der Waals surface area contributed by atoms with Gasteiger partial charge in [-0.1, -0.05) is 20.3 Å². The van der Waals surface area contributed by atoms with Gasteiger partial charge in [-0.3, -0.25) is 9.48 Å². The van der Waals surface area contributed by atoms with Crippen molar-refractivity contribution < 1.29 is 9.53 Å². The van der Waals surface area contributed by atoms with E-state index in [0.29, 0.717) is 18.2 Å². The lowest BCUT2D eigenvalue weighted by atomic mass is 10.1. The Morgan fingerprint density at radius 3 is 3.00 bits per heavy atom. The van der Waals surface area contributed by atoms with E-state index >= 15 is 0 Å². The zero-order chi connectivity index (χ0) is 12.0. The van der Waals surface area contributed by atoms with Crippen molar-refractivity contribution >= 4 is 11.7 Å². The largest absolute Gasteiger partial charge is 0.464 e. The minimum absolute atomic E-state index is 0.121. The number of rotatable bonds is 6. The van der Waals surface area contributed by atoms with Crippen LogP contribution in [0, 0.1) is 5.92 Å². The Bertz CT molecular complexity index is 336. The number of carbonyl (C=O) groups is 1. The summed E-state index contributed by atoms with van der Waals surface area (Å²) < 4.78 is 6.60. The van der Waals surface area contributed by atoms with E-state index in [1.165, 1.54) is 10.9 Å². The molecule has 5 heteroatoms. The predicted molar refractivity (Wildman–Crippen MR) is 61.7 cm³/mol. The second kappa shape index (κ2) is 6.15. The molecule has 0 aromatic carbocycles. The first kappa shape index (κ1) is 12.5. The molecule has 90 valence electrons. The van der Waals surface area contributed by atoms with Crippen LogP contribution < -0.4 is 5.73 Å². The third-order valence-electron chi connectivity index (χ3n) is 2.25. The van der Waals surface area contributed by atoms with Crippen molar-refractivity contribution in [2.24, 2.45) is 5.92 Å². The molecule has 0 amide bonds. The molecule has 0 saturated heterocycles. The van der Waals surface area contributed by atoms with Gasteiger partial charge in [0.25, 0.3) is 0 Å². The van der Waals surface area contributed by atoms with Gasteiger partial charge in [0.15, 0.2) is 0 Å². The summed E-state index contributed by atoms with van der Waals surface area (Å²) >= 11 is 0. The highest BCUT2D eigenvalue weighted by molar-refractivity contribution is 5.69. The van der Waals surface area contributed by atoms with Gasteiger partial charge in [-0.15, -0.1) is 0 Å². The van der Waals surface area contributed by atoms with Gasteiger partial charge in [0.1, 0.15) is 6.54 Å². The van der Waals surface area contributed by atoms with Crippen molar-refractivity contribution in [3.05, 3.63) is 12.4 Å². The van der Waals surface area contributed by atoms with Crippen LogP contribution in [0.4, 0.5) is 5.69 Å². The van der Waals surface area contributed by atoms with Gasteiger partial charge in [0, 0.05) is 6.20 Å². The number of carbonyl (C=O) groups excluding carboxylic acids is 1. The smallest absolute Gasteiger partial charge is 0.327 e. The highest BCUT2D eigenvalue weighted by atomic mass is 16.5. The molecule has 0 radical (unpaired) electrons. The number of hydrogen-bond acceptors (Lipinski definition) is 4. The molecule has 2 N–H and O–H groups in total. The summed E-state index contributed by atoms with van der Waals surface area (Å²) in [6.07, 6.45) is 5.29. The first-order valence-corrected chi connectivity index (χ1v) is 5.55. The van der Waals surface area contributed by atoms with Crippen molar-refractivity contribution in [2.45, 2.75) is 33.2 Å². The SMILES string of the molecule is CCCC(C)COC(=O)Cn1cc(N)cn1. The van der Waals surface area contributed by atoms with E-state index in [0.717, 1.165) is 12.8 Å². The summed E-state index contributed by atoms with van der Waals surface area (Å²) in [7, 11) is 0. The first-order valence-electron chi connectivity index (χ1n) is 5.55. The highest BCUT2D eigenvalue weighted by Gasteiger charge is 2.08. The van der Waals surface area contributed by atoms with E-state index in [2.05, 4.69) is 18.9 Å². The van der Waals surface area contributed by atoms with Crippen LogP contribution in [0.2, 0.25) is 0 Å². The number of nitrogens with zero attached hydrogens (tertiary/aromatic N) is 2. The zero-order valence-corrected chi connectivity index (χ0v) is 9.85. The van der Waals surface area contributed by atoms with Crippen LogP contribution >= 0.6 is 0 Å². The fraction of sp³-hybridized carbons (Fsp3) is 0.636. The number of nitrogen functional groups attached to an aromatic ring is 1. The fourth-order valence-corrected chi connectivity index (χ4v) is 1.46. The summed E-state index contributed by atoms with van der Waals surface area (Å²) in [5.41, 5.74) is 6.03. The zero-order valence-electron chi connectivity index (χ0n) is 9.85. The van der Waals surface area contributed by atoms with E-state index in [4.69, 9.17) is 10.5 Å². The topological polar surface area (TPSA) is 70.1 Å². The van der Waals surface area contributed by atoms with Crippen molar-refractivity contribution in [2.75, 3.05) is 12.3 Å². The lowest BCUT2D eigenvalue weighted by Crippen LogP contribution is -2.17. The maximum Gasteiger partial charge on any atom is 0.327 e. The Kier molecular flexibility index (Phi) is 4.82. The quantitative estimate of drug-likeness (QED) is 0.744. The van der Waals surface area contributed by atoms with Crippen molar-refractivity contribution in [1.29, 1.82) is 0 Å². The van der Waals surface area contributed by atoms with Gasteiger partial charge in [0.05, 0.1) is 18.5 Å². The molecule has 1 rings (SSSR count). The third kappa shape index (κ3) is 4.33. The van der Waals surface area contributed by atoms with Gasteiger partial charge < -0.3 is 10.5 Å². The average molecular weight is 225 g/mol. The van der Waals surface area contributed by atoms with Crippen LogP contribution in [0.25, 0.3) is 0 Å². The molecule has 1 aromatic heterocycles. The molecular formula is C11H19N3O2. The van der Waals surface area contributed by atoms with Crippen molar-refractivity contribution in [3.63, 3.8) is 0 Å². The first-order chi connectivity index (χ1) is 7.61. The van der Waals surface area contributed by atoms with Crippen LogP contribution in [0.15, 0.2) is 12.4 Å². The maximum atomic E-state index is 11.4. The van der Waals surface area contributed by atoms with Crippen LogP contribution in [0.1, 0.15) is 26.7 Å². The summed E-state index contributed by atoms with van der Waals surface area (Å²) in [5, 5.41) is 3.91. The maximum absolute atomic E-state index is 11.4. The number of esters is 1. The van der Waals surface area contributed by atoms with Crippen molar-refractivity contribution in [1.82, 2.24) is 9.78 Å². The second-order valence-corrected chi connectivity index (χ2v) is 4.05. The lowest BCUT2D eigenvalue weighted by Gasteiger charge is -2.10. The number of ether oxygens (including phenoxy) is 1. The number of aromatic nitrogens is 2. The summed E-state index contributed by atoms with van der Waals surface area (Å²) in [6.45, 7) is 4.78. The fourth-order valence-electron chi connectivity index (χ4n) is 1.46. The third-order valence-corrected chi connectivity index (χ3v) is 2.25. The minimum atomic E-state index is -0.272. The Balaban J connectivity index is 2.26. The van der Waals surface area contributed by atoms with Crippen LogP contribution in [0.5, 0.6) is 0 Å². The number of hydrogen-bond donors (Lipinski definition) is 1. The Labute approximate surface area is 95.6 Å². The van der Waals surface area contributed by atoms with Crippen molar-refractivity contribution in [3.8, 4) is 0 Å². The summed E-state index contributed by atoms with van der Waals surface area (Å²) in [4.78, 5) is 11.4. The van der Waals surface area contributed by atoms with E-state index < -0.39 is 0 Å². The number of nitrogens with two attached hydrogens (primary N) is 1. The summed E-state index contributed by atoms with van der Waals surface area (Å²) in [5.74, 6) is 0.141. The van der Waals surface area contributed by atoms with Gasteiger partial charge in [-0.05, 0) is 12.3 Å². The molecule has 0 spiro atoms. The van der Waals surface area contributed by atoms with Crippen LogP contribution in [-0.2, 0) is 16.1 Å². The van der Waals surface area contributed by atoms with Crippen LogP contribution in [-0.4, -0.2) is 22.4 Å². The summed E-state index contributed by atoms with van der Waals surface area (Å²) in [6, 6.07) is 0. The second-order valence-electron chi connectivity index (χ2n) is 4.05. The normalized spacial score (nSPS) is 12.4. The monoisotopic (exact) mass is 225 g/mol. The molecule has 1 unspecified atom stereocenters. The van der Waals surface area contributed by atoms with Gasteiger partial charge >= 0.3 is 5.97 Å². The lowest BCUT2D eigenvalue weighted by molar-refractivity contribution is -0.145. The molecule has 0 fully saturated rings. The van der Waals surface area contributed by atoms with Gasteiger partial charge in [0.2, 0.25) is 0 Å². The molecule has 16 heavy (non-hydrogen) atoms. The molecule has 1 aromatic rings. The van der Waals surface area contributed by atoms with E-state index in [9.17, 15) is 4.79 Å². The molecule has 0 saturated carbocycles. The minimum Gasteiger partial charge on any atom is -0.464 e. The molecule has 0 aliphatic heterocycles. The van der Waals surface area contributed by atoms with E-state index in [1.54, 1.807) is 6.20 Å². The van der Waals surface area contributed by atoms with Crippen LogP contribution in [0.3, 0.4) is 0 Å². The van der Waals surface area contributed by atoms with E-state index in [1.807, 2.05) is 0 Å². The molecular weight excluding hydrogens is 206 g/mol. The van der Waals surface area contributed by atoms with Gasteiger partial charge in [-0.25, -0.2) is 0 Å². The highest BCUT2D eigenvalue weighted by Crippen LogP contribution is 2.05. The Hall–Kier alpha value is -1.52. The average Bonchev–Trinajstić information content (AvgIpc) is 2.61. The predicted octanol–water partition coefficient (Wildman–Crippen LogP) is 1.44. The molecule has 0 aliphatic rings. The molecule has 0 aliphatic carbocycles. The van der Waals surface area contributed by atoms with Gasteiger partial charge in [-0.2, -0.15) is 5.10 Å². The Morgan fingerprint density at radius 1 is 1.69 bits per heavy atom. The van der Waals surface area contributed by atoms with E-state index in [-0.39, 0.29) is 12.5 Å². The molecule has 0 bridgehead atoms. The number of anilines is 1. The molecule has 1 atom stereocenters.